The van der Waals surface area contributed by atoms with Crippen molar-refractivity contribution in [3.8, 4) is 0 Å². The maximum atomic E-state index is 12.8. The fourth-order valence-electron chi connectivity index (χ4n) is 3.56. The van der Waals surface area contributed by atoms with E-state index in [1.165, 1.54) is 16.0 Å². The highest BCUT2D eigenvalue weighted by atomic mass is 79.9. The fourth-order valence-corrected chi connectivity index (χ4v) is 5.72. The molecule has 0 saturated heterocycles. The molecule has 4 rings (SSSR count). The lowest BCUT2D eigenvalue weighted by atomic mass is 9.98. The van der Waals surface area contributed by atoms with Gasteiger partial charge in [-0.25, -0.2) is 13.1 Å². The summed E-state index contributed by atoms with van der Waals surface area (Å²) in [4.78, 5) is 3.83. The summed E-state index contributed by atoms with van der Waals surface area (Å²) in [7, 11) is -3.56. The van der Waals surface area contributed by atoms with Gasteiger partial charge in [0.2, 0.25) is 10.0 Å². The summed E-state index contributed by atoms with van der Waals surface area (Å²) in [6, 6.07) is 19.3. The van der Waals surface area contributed by atoms with Gasteiger partial charge in [-0.2, -0.15) is 0 Å². The third-order valence-corrected chi connectivity index (χ3v) is 8.00. The molecule has 7 heteroatoms. The van der Waals surface area contributed by atoms with Gasteiger partial charge in [0, 0.05) is 29.0 Å². The zero-order chi connectivity index (χ0) is 19.6. The van der Waals surface area contributed by atoms with Crippen LogP contribution in [0.3, 0.4) is 0 Å². The Kier molecular flexibility index (Phi) is 5.99. The average molecular weight is 477 g/mol. The molecule has 0 saturated carbocycles. The second-order valence-corrected chi connectivity index (χ2v) is 10.5. The minimum atomic E-state index is -3.56. The van der Waals surface area contributed by atoms with E-state index >= 15 is 0 Å². The molecule has 28 heavy (non-hydrogen) atoms. The van der Waals surface area contributed by atoms with Gasteiger partial charge in [-0.15, -0.1) is 11.3 Å². The number of benzene rings is 2. The predicted octanol–water partition coefficient (Wildman–Crippen LogP) is 4.59. The van der Waals surface area contributed by atoms with Gasteiger partial charge >= 0.3 is 0 Å². The lowest BCUT2D eigenvalue weighted by Crippen LogP contribution is -2.40. The Morgan fingerprint density at radius 2 is 1.79 bits per heavy atom. The number of thiophene rings is 1. The highest BCUT2D eigenvalue weighted by molar-refractivity contribution is 9.10. The number of fused-ring (bicyclic) bond motifs is 1. The largest absolute Gasteiger partial charge is 0.290 e. The molecule has 2 aromatic carbocycles. The number of hydrogen-bond acceptors (Lipinski definition) is 4. The van der Waals surface area contributed by atoms with Crippen molar-refractivity contribution in [2.75, 3.05) is 13.1 Å². The Labute approximate surface area is 178 Å². The van der Waals surface area contributed by atoms with Crippen molar-refractivity contribution in [1.29, 1.82) is 0 Å². The first kappa shape index (κ1) is 19.8. The zero-order valence-corrected chi connectivity index (χ0v) is 18.4. The van der Waals surface area contributed by atoms with Crippen LogP contribution in [0.25, 0.3) is 0 Å². The molecule has 0 amide bonds. The molecule has 2 heterocycles. The van der Waals surface area contributed by atoms with Crippen LogP contribution in [0.15, 0.2) is 75.4 Å². The number of sulfonamides is 1. The lowest BCUT2D eigenvalue weighted by Gasteiger charge is -2.35. The smallest absolute Gasteiger partial charge is 0.240 e. The maximum Gasteiger partial charge on any atom is 0.240 e. The molecule has 4 nitrogen and oxygen atoms in total. The van der Waals surface area contributed by atoms with E-state index in [0.29, 0.717) is 6.54 Å². The molecule has 146 valence electrons. The summed E-state index contributed by atoms with van der Waals surface area (Å²) in [6.45, 7) is 2.10. The number of nitrogens with one attached hydrogen (secondary N) is 1. The summed E-state index contributed by atoms with van der Waals surface area (Å²) in [5, 5.41) is 2.05. The van der Waals surface area contributed by atoms with Crippen molar-refractivity contribution < 1.29 is 8.42 Å². The highest BCUT2D eigenvalue weighted by Crippen LogP contribution is 2.30. The van der Waals surface area contributed by atoms with Gasteiger partial charge in [-0.3, -0.25) is 4.90 Å². The summed E-state index contributed by atoms with van der Waals surface area (Å²) >= 11 is 5.02. The summed E-state index contributed by atoms with van der Waals surface area (Å²) in [5.41, 5.74) is 2.71. The Morgan fingerprint density at radius 1 is 1.04 bits per heavy atom. The number of rotatable bonds is 6. The van der Waals surface area contributed by atoms with Crippen molar-refractivity contribution in [3.05, 3.63) is 86.5 Å². The molecule has 0 unspecified atom stereocenters. The standard InChI is InChI=1S/C21H21BrN2O2S2/c22-18-7-9-19(10-8-18)28(25,26)23-14-20(21-6-3-13-27-21)24-12-11-16-4-1-2-5-17(16)15-24/h1-10,13,20,23H,11-12,14-15H2/t20-/m0/s1. The van der Waals surface area contributed by atoms with Crippen molar-refractivity contribution >= 4 is 37.3 Å². The SMILES string of the molecule is O=S(=O)(NC[C@@H](c1cccs1)N1CCc2ccccc2C1)c1ccc(Br)cc1. The molecule has 0 radical (unpaired) electrons. The van der Waals surface area contributed by atoms with Crippen LogP contribution in [0.2, 0.25) is 0 Å². The van der Waals surface area contributed by atoms with Crippen LogP contribution in [0.5, 0.6) is 0 Å². The Morgan fingerprint density at radius 3 is 2.50 bits per heavy atom. The van der Waals surface area contributed by atoms with E-state index in [-0.39, 0.29) is 10.9 Å². The second kappa shape index (κ2) is 8.47. The van der Waals surface area contributed by atoms with Gasteiger partial charge < -0.3 is 0 Å². The molecule has 1 aliphatic rings. The Bertz CT molecular complexity index is 1030. The summed E-state index contributed by atoms with van der Waals surface area (Å²) in [5.74, 6) is 0. The molecule has 0 aliphatic carbocycles. The van der Waals surface area contributed by atoms with Crippen LogP contribution in [0, 0.1) is 0 Å². The molecule has 0 spiro atoms. The molecule has 1 aromatic heterocycles. The van der Waals surface area contributed by atoms with Gasteiger partial charge in [0.25, 0.3) is 0 Å². The average Bonchev–Trinajstić information content (AvgIpc) is 3.23. The highest BCUT2D eigenvalue weighted by Gasteiger charge is 2.27. The number of nitrogens with zero attached hydrogens (tertiary/aromatic N) is 1. The monoisotopic (exact) mass is 476 g/mol. The van der Waals surface area contributed by atoms with Gasteiger partial charge in [0.05, 0.1) is 10.9 Å². The van der Waals surface area contributed by atoms with Gasteiger partial charge in [-0.1, -0.05) is 46.3 Å². The third-order valence-electron chi connectivity index (χ3n) is 5.06. The quantitative estimate of drug-likeness (QED) is 0.565. The third kappa shape index (κ3) is 4.39. The second-order valence-electron chi connectivity index (χ2n) is 6.83. The van der Waals surface area contributed by atoms with Crippen LogP contribution in [-0.4, -0.2) is 26.4 Å². The summed E-state index contributed by atoms with van der Waals surface area (Å²) < 4.78 is 29.2. The van der Waals surface area contributed by atoms with E-state index in [1.54, 1.807) is 35.6 Å². The van der Waals surface area contributed by atoms with Gasteiger partial charge in [0.1, 0.15) is 0 Å². The number of halogens is 1. The summed E-state index contributed by atoms with van der Waals surface area (Å²) in [6.07, 6.45) is 0.984. The molecule has 1 aliphatic heterocycles. The van der Waals surface area contributed by atoms with E-state index in [4.69, 9.17) is 0 Å². The Hall–Kier alpha value is -1.51. The predicted molar refractivity (Wildman–Crippen MR) is 117 cm³/mol. The van der Waals surface area contributed by atoms with Crippen LogP contribution in [0.1, 0.15) is 22.0 Å². The lowest BCUT2D eigenvalue weighted by molar-refractivity contribution is 0.183. The van der Waals surface area contributed by atoms with E-state index in [1.807, 2.05) is 11.4 Å². The van der Waals surface area contributed by atoms with Crippen LogP contribution in [0.4, 0.5) is 0 Å². The topological polar surface area (TPSA) is 49.4 Å². The van der Waals surface area contributed by atoms with Crippen molar-refractivity contribution in [3.63, 3.8) is 0 Å². The van der Waals surface area contributed by atoms with Crippen LogP contribution in [-0.2, 0) is 23.0 Å². The minimum absolute atomic E-state index is 0.0126. The maximum absolute atomic E-state index is 12.8. The Balaban J connectivity index is 1.54. The van der Waals surface area contributed by atoms with Crippen LogP contribution < -0.4 is 4.72 Å². The van der Waals surface area contributed by atoms with Crippen LogP contribution >= 0.6 is 27.3 Å². The van der Waals surface area contributed by atoms with E-state index in [9.17, 15) is 8.42 Å². The van der Waals surface area contributed by atoms with Crippen molar-refractivity contribution in [2.24, 2.45) is 0 Å². The van der Waals surface area contributed by atoms with Gasteiger partial charge in [0.15, 0.2) is 0 Å². The fraction of sp³-hybridized carbons (Fsp3) is 0.238. The zero-order valence-electron chi connectivity index (χ0n) is 15.2. The molecule has 1 atom stereocenters. The molecule has 0 fully saturated rings. The molecular weight excluding hydrogens is 456 g/mol. The van der Waals surface area contributed by atoms with E-state index in [0.717, 1.165) is 24.0 Å². The van der Waals surface area contributed by atoms with E-state index < -0.39 is 10.0 Å². The van der Waals surface area contributed by atoms with Crippen molar-refractivity contribution in [2.45, 2.75) is 23.9 Å². The van der Waals surface area contributed by atoms with Gasteiger partial charge in [-0.05, 0) is 53.3 Å². The molecule has 3 aromatic rings. The molecule has 0 bridgehead atoms. The normalized spacial score (nSPS) is 15.9. The number of hydrogen-bond donors (Lipinski definition) is 1. The molecular formula is C21H21BrN2O2S2. The first-order chi connectivity index (χ1) is 13.5. The first-order valence-electron chi connectivity index (χ1n) is 9.12. The van der Waals surface area contributed by atoms with Crippen molar-refractivity contribution in [1.82, 2.24) is 9.62 Å². The van der Waals surface area contributed by atoms with E-state index in [2.05, 4.69) is 55.9 Å². The minimum Gasteiger partial charge on any atom is -0.290 e. The molecule has 1 N–H and O–H groups in total. The first-order valence-corrected chi connectivity index (χ1v) is 12.3.